The average molecular weight is 352 g/mol. The van der Waals surface area contributed by atoms with Crippen molar-refractivity contribution < 1.29 is 8.42 Å². The molecule has 2 rings (SSSR count). The van der Waals surface area contributed by atoms with Crippen LogP contribution in [0.15, 0.2) is 29.3 Å². The molecule has 1 saturated heterocycles. The van der Waals surface area contributed by atoms with Gasteiger partial charge in [0.15, 0.2) is 15.8 Å². The number of aryl methyl sites for hydroxylation is 1. The maximum absolute atomic E-state index is 11.5. The Morgan fingerprint density at radius 1 is 1.29 bits per heavy atom. The van der Waals surface area contributed by atoms with Gasteiger partial charge in [-0.3, -0.25) is 4.99 Å². The molecule has 1 aromatic carbocycles. The van der Waals surface area contributed by atoms with Gasteiger partial charge in [0.05, 0.1) is 11.5 Å². The summed E-state index contributed by atoms with van der Waals surface area (Å²) in [6.07, 6.45) is 0.745. The molecule has 1 aliphatic heterocycles. The topological polar surface area (TPSA) is 70.6 Å². The number of hydrogen-bond acceptors (Lipinski definition) is 3. The van der Waals surface area contributed by atoms with Crippen LogP contribution in [0.25, 0.3) is 0 Å². The quantitative estimate of drug-likeness (QED) is 0.608. The highest BCUT2D eigenvalue weighted by Gasteiger charge is 2.27. The molecule has 0 radical (unpaired) electrons. The van der Waals surface area contributed by atoms with E-state index in [1.54, 1.807) is 0 Å². The first kappa shape index (κ1) is 18.8. The zero-order chi connectivity index (χ0) is 17.6. The first-order valence-electron chi connectivity index (χ1n) is 8.69. The fourth-order valence-electron chi connectivity index (χ4n) is 2.84. The summed E-state index contributed by atoms with van der Waals surface area (Å²) >= 11 is 0. The van der Waals surface area contributed by atoms with Crippen molar-refractivity contribution in [1.82, 2.24) is 10.6 Å². The van der Waals surface area contributed by atoms with Crippen LogP contribution < -0.4 is 10.6 Å². The molecule has 0 aliphatic carbocycles. The monoisotopic (exact) mass is 351 g/mol. The third-order valence-electron chi connectivity index (χ3n) is 4.40. The molecule has 0 saturated carbocycles. The van der Waals surface area contributed by atoms with E-state index in [2.05, 4.69) is 53.7 Å². The SMILES string of the molecule is CCNC(=NCC(C)c1ccc(C)cc1)NCC1CCS(=O)(=O)C1. The molecule has 2 N–H and O–H groups in total. The molecule has 0 aromatic heterocycles. The Morgan fingerprint density at radius 2 is 2.00 bits per heavy atom. The lowest BCUT2D eigenvalue weighted by Crippen LogP contribution is -2.40. The van der Waals surface area contributed by atoms with E-state index in [9.17, 15) is 8.42 Å². The van der Waals surface area contributed by atoms with Crippen molar-refractivity contribution in [3.8, 4) is 0 Å². The van der Waals surface area contributed by atoms with Crippen LogP contribution in [0.4, 0.5) is 0 Å². The van der Waals surface area contributed by atoms with Crippen molar-refractivity contribution in [3.05, 3.63) is 35.4 Å². The third-order valence-corrected chi connectivity index (χ3v) is 6.24. The van der Waals surface area contributed by atoms with Crippen LogP contribution in [0.5, 0.6) is 0 Å². The van der Waals surface area contributed by atoms with Gasteiger partial charge in [0, 0.05) is 25.6 Å². The maximum atomic E-state index is 11.5. The molecule has 6 heteroatoms. The molecular weight excluding hydrogens is 322 g/mol. The molecule has 1 fully saturated rings. The Bertz CT molecular complexity index is 653. The molecule has 0 spiro atoms. The standard InChI is InChI=1S/C18H29N3O2S/c1-4-19-18(21-12-16-9-10-24(22,23)13-16)20-11-15(3)17-7-5-14(2)6-8-17/h5-8,15-16H,4,9-13H2,1-3H3,(H2,19,20,21). The van der Waals surface area contributed by atoms with Gasteiger partial charge >= 0.3 is 0 Å². The molecule has 2 unspecified atom stereocenters. The molecule has 1 aromatic rings. The highest BCUT2D eigenvalue weighted by molar-refractivity contribution is 7.91. The molecule has 1 aliphatic rings. The number of nitrogens with zero attached hydrogens (tertiary/aromatic N) is 1. The summed E-state index contributed by atoms with van der Waals surface area (Å²) in [5, 5.41) is 6.52. The number of hydrogen-bond donors (Lipinski definition) is 2. The van der Waals surface area contributed by atoms with Gasteiger partial charge in [-0.2, -0.15) is 0 Å². The molecule has 24 heavy (non-hydrogen) atoms. The Morgan fingerprint density at radius 3 is 2.58 bits per heavy atom. The van der Waals surface area contributed by atoms with Crippen molar-refractivity contribution >= 4 is 15.8 Å². The number of guanidine groups is 1. The summed E-state index contributed by atoms with van der Waals surface area (Å²) in [6, 6.07) is 8.55. The van der Waals surface area contributed by atoms with E-state index in [4.69, 9.17) is 0 Å². The minimum atomic E-state index is -2.82. The number of aliphatic imine (C=N–C) groups is 1. The van der Waals surface area contributed by atoms with E-state index < -0.39 is 9.84 Å². The Labute approximate surface area is 145 Å². The van der Waals surface area contributed by atoms with Crippen LogP contribution in [0.1, 0.15) is 37.3 Å². The smallest absolute Gasteiger partial charge is 0.191 e. The van der Waals surface area contributed by atoms with Gasteiger partial charge in [-0.1, -0.05) is 36.8 Å². The van der Waals surface area contributed by atoms with Crippen LogP contribution in [-0.2, 0) is 9.84 Å². The molecule has 5 nitrogen and oxygen atoms in total. The number of sulfone groups is 1. The van der Waals surface area contributed by atoms with Gasteiger partial charge in [0.25, 0.3) is 0 Å². The highest BCUT2D eigenvalue weighted by atomic mass is 32.2. The molecule has 134 valence electrons. The van der Waals surface area contributed by atoms with E-state index in [0.717, 1.165) is 18.9 Å². The van der Waals surface area contributed by atoms with Crippen molar-refractivity contribution in [2.45, 2.75) is 33.1 Å². The lowest BCUT2D eigenvalue weighted by molar-refractivity contribution is 0.567. The predicted octanol–water partition coefficient (Wildman–Crippen LogP) is 2.09. The second-order valence-electron chi connectivity index (χ2n) is 6.68. The van der Waals surface area contributed by atoms with Gasteiger partial charge in [0.2, 0.25) is 0 Å². The molecule has 0 bridgehead atoms. The second kappa shape index (κ2) is 8.51. The van der Waals surface area contributed by atoms with Gasteiger partial charge in [-0.15, -0.1) is 0 Å². The normalized spacial score (nSPS) is 21.5. The maximum Gasteiger partial charge on any atom is 0.191 e. The Kier molecular flexibility index (Phi) is 6.66. The minimum absolute atomic E-state index is 0.188. The number of nitrogens with one attached hydrogen (secondary N) is 2. The van der Waals surface area contributed by atoms with Crippen molar-refractivity contribution in [2.75, 3.05) is 31.1 Å². The third kappa shape index (κ3) is 5.82. The van der Waals surface area contributed by atoms with Crippen LogP contribution in [-0.4, -0.2) is 45.5 Å². The zero-order valence-corrected chi connectivity index (χ0v) is 15.7. The first-order chi connectivity index (χ1) is 11.4. The van der Waals surface area contributed by atoms with E-state index in [1.165, 1.54) is 11.1 Å². The van der Waals surface area contributed by atoms with E-state index in [1.807, 2.05) is 6.92 Å². The summed E-state index contributed by atoms with van der Waals surface area (Å²) in [5.41, 5.74) is 2.54. The van der Waals surface area contributed by atoms with Gasteiger partial charge in [-0.05, 0) is 31.7 Å². The Balaban J connectivity index is 1.89. The van der Waals surface area contributed by atoms with Crippen LogP contribution >= 0.6 is 0 Å². The van der Waals surface area contributed by atoms with Crippen LogP contribution in [0, 0.1) is 12.8 Å². The largest absolute Gasteiger partial charge is 0.357 e. The minimum Gasteiger partial charge on any atom is -0.357 e. The van der Waals surface area contributed by atoms with Crippen molar-refractivity contribution in [1.29, 1.82) is 0 Å². The lowest BCUT2D eigenvalue weighted by atomic mass is 10.0. The predicted molar refractivity (Wildman–Crippen MR) is 100 cm³/mol. The van der Waals surface area contributed by atoms with E-state index >= 15 is 0 Å². The first-order valence-corrected chi connectivity index (χ1v) is 10.5. The lowest BCUT2D eigenvalue weighted by Gasteiger charge is -2.16. The molecule has 1 heterocycles. The van der Waals surface area contributed by atoms with E-state index in [-0.39, 0.29) is 5.92 Å². The summed E-state index contributed by atoms with van der Waals surface area (Å²) in [6.45, 7) is 8.42. The summed E-state index contributed by atoms with van der Waals surface area (Å²) in [7, 11) is -2.82. The van der Waals surface area contributed by atoms with Gasteiger partial charge in [0.1, 0.15) is 0 Å². The summed E-state index contributed by atoms with van der Waals surface area (Å²) in [5.74, 6) is 1.90. The van der Waals surface area contributed by atoms with Crippen molar-refractivity contribution in [3.63, 3.8) is 0 Å². The second-order valence-corrected chi connectivity index (χ2v) is 8.91. The zero-order valence-electron chi connectivity index (χ0n) is 14.9. The molecular formula is C18H29N3O2S. The van der Waals surface area contributed by atoms with Gasteiger partial charge < -0.3 is 10.6 Å². The van der Waals surface area contributed by atoms with E-state index in [0.29, 0.717) is 30.5 Å². The number of rotatable bonds is 6. The highest BCUT2D eigenvalue weighted by Crippen LogP contribution is 2.18. The molecule has 2 atom stereocenters. The van der Waals surface area contributed by atoms with Crippen molar-refractivity contribution in [2.24, 2.45) is 10.9 Å². The number of benzene rings is 1. The fourth-order valence-corrected chi connectivity index (χ4v) is 4.71. The average Bonchev–Trinajstić information content (AvgIpc) is 2.89. The molecule has 0 amide bonds. The van der Waals surface area contributed by atoms with Gasteiger partial charge in [-0.25, -0.2) is 8.42 Å². The van der Waals surface area contributed by atoms with Crippen LogP contribution in [0.3, 0.4) is 0 Å². The summed E-state index contributed by atoms with van der Waals surface area (Å²) in [4.78, 5) is 4.65. The Hall–Kier alpha value is -1.56. The fraction of sp³-hybridized carbons (Fsp3) is 0.611. The van der Waals surface area contributed by atoms with Crippen LogP contribution in [0.2, 0.25) is 0 Å². The summed E-state index contributed by atoms with van der Waals surface area (Å²) < 4.78 is 23.1.